The largest absolute Gasteiger partial charge is 0.319 e. The zero-order valence-electron chi connectivity index (χ0n) is 9.01. The van der Waals surface area contributed by atoms with Crippen LogP contribution in [0.15, 0.2) is 28.7 Å². The van der Waals surface area contributed by atoms with Crippen molar-refractivity contribution in [3.63, 3.8) is 0 Å². The molecule has 2 rings (SSSR count). The van der Waals surface area contributed by atoms with Crippen molar-refractivity contribution in [3.8, 4) is 0 Å². The molecule has 0 bridgehead atoms. The molecule has 1 nitrogen and oxygen atoms in total. The molecule has 90 valence electrons. The Balaban J connectivity index is 2.50. The van der Waals surface area contributed by atoms with Crippen LogP contribution >= 0.6 is 27.3 Å². The summed E-state index contributed by atoms with van der Waals surface area (Å²) in [5, 5.41) is 0. The molecular weight excluding hydrogens is 308 g/mol. The minimum atomic E-state index is -0.772. The molecule has 2 aromatic rings. The van der Waals surface area contributed by atoms with Gasteiger partial charge in [-0.05, 0) is 47.1 Å². The Bertz CT molecular complexity index is 553. The third-order valence-electron chi connectivity index (χ3n) is 2.46. The number of nitrogens with two attached hydrogens (primary N) is 1. The zero-order chi connectivity index (χ0) is 12.6. The van der Waals surface area contributed by atoms with Gasteiger partial charge in [-0.2, -0.15) is 0 Å². The van der Waals surface area contributed by atoms with Gasteiger partial charge in [0.1, 0.15) is 11.6 Å². The standard InChI is InChI=1S/C12H10BrF2NS/c1-6-2-5-9(17-6)12(16)10-8(14)4-3-7(13)11(10)15/h2-5,12H,16H2,1H3. The predicted octanol–water partition coefficient (Wildman–Crippen LogP) is 4.15. The molecule has 0 amide bonds. The fraction of sp³-hybridized carbons (Fsp3) is 0.167. The summed E-state index contributed by atoms with van der Waals surface area (Å²) >= 11 is 4.47. The number of hydrogen-bond donors (Lipinski definition) is 1. The van der Waals surface area contributed by atoms with E-state index in [2.05, 4.69) is 15.9 Å². The lowest BCUT2D eigenvalue weighted by atomic mass is 10.0. The Kier molecular flexibility index (Phi) is 3.61. The molecule has 1 atom stereocenters. The molecule has 0 radical (unpaired) electrons. The maximum Gasteiger partial charge on any atom is 0.145 e. The number of hydrogen-bond acceptors (Lipinski definition) is 2. The van der Waals surface area contributed by atoms with Crippen molar-refractivity contribution >= 4 is 27.3 Å². The van der Waals surface area contributed by atoms with Crippen LogP contribution in [0.25, 0.3) is 0 Å². The molecule has 0 aliphatic rings. The van der Waals surface area contributed by atoms with E-state index in [1.165, 1.54) is 23.5 Å². The van der Waals surface area contributed by atoms with Crippen LogP contribution in [0.2, 0.25) is 0 Å². The summed E-state index contributed by atoms with van der Waals surface area (Å²) in [6.45, 7) is 1.93. The monoisotopic (exact) mass is 317 g/mol. The lowest BCUT2D eigenvalue weighted by molar-refractivity contribution is 0.541. The average molecular weight is 318 g/mol. The van der Waals surface area contributed by atoms with Crippen LogP contribution < -0.4 is 5.73 Å². The maximum absolute atomic E-state index is 13.8. The van der Waals surface area contributed by atoms with E-state index < -0.39 is 17.7 Å². The number of halogens is 3. The first-order chi connectivity index (χ1) is 8.00. The summed E-state index contributed by atoms with van der Waals surface area (Å²) in [7, 11) is 0. The van der Waals surface area contributed by atoms with Gasteiger partial charge in [0.05, 0.1) is 10.5 Å². The average Bonchev–Trinajstić information content (AvgIpc) is 2.71. The molecule has 2 N–H and O–H groups in total. The maximum atomic E-state index is 13.8. The first-order valence-electron chi connectivity index (χ1n) is 4.96. The van der Waals surface area contributed by atoms with Crippen LogP contribution in [-0.2, 0) is 0 Å². The predicted molar refractivity (Wildman–Crippen MR) is 69.1 cm³/mol. The molecule has 1 heterocycles. The van der Waals surface area contributed by atoms with Gasteiger partial charge in [0.25, 0.3) is 0 Å². The summed E-state index contributed by atoms with van der Waals surface area (Å²) in [5.74, 6) is -1.26. The van der Waals surface area contributed by atoms with Crippen LogP contribution in [0.3, 0.4) is 0 Å². The fourth-order valence-corrected chi connectivity index (χ4v) is 2.83. The number of aryl methyl sites for hydroxylation is 1. The van der Waals surface area contributed by atoms with Crippen molar-refractivity contribution in [1.82, 2.24) is 0 Å². The van der Waals surface area contributed by atoms with Crippen molar-refractivity contribution in [1.29, 1.82) is 0 Å². The lowest BCUT2D eigenvalue weighted by Gasteiger charge is -2.13. The Morgan fingerprint density at radius 2 is 1.94 bits per heavy atom. The highest BCUT2D eigenvalue weighted by Crippen LogP contribution is 2.32. The van der Waals surface area contributed by atoms with Gasteiger partial charge in [-0.3, -0.25) is 0 Å². The zero-order valence-corrected chi connectivity index (χ0v) is 11.4. The van der Waals surface area contributed by atoms with E-state index in [4.69, 9.17) is 5.73 Å². The molecule has 0 aliphatic heterocycles. The van der Waals surface area contributed by atoms with Gasteiger partial charge < -0.3 is 5.73 Å². The molecule has 0 spiro atoms. The van der Waals surface area contributed by atoms with E-state index in [1.54, 1.807) is 6.07 Å². The topological polar surface area (TPSA) is 26.0 Å². The molecule has 0 saturated carbocycles. The van der Waals surface area contributed by atoms with Crippen molar-refractivity contribution < 1.29 is 8.78 Å². The third kappa shape index (κ3) is 2.41. The van der Waals surface area contributed by atoms with Gasteiger partial charge in [0.15, 0.2) is 0 Å². The van der Waals surface area contributed by atoms with Crippen molar-refractivity contribution in [2.45, 2.75) is 13.0 Å². The second kappa shape index (κ2) is 4.84. The molecule has 0 aliphatic carbocycles. The normalized spacial score (nSPS) is 12.8. The van der Waals surface area contributed by atoms with Crippen molar-refractivity contribution in [2.24, 2.45) is 5.73 Å². The Morgan fingerprint density at radius 3 is 2.53 bits per heavy atom. The SMILES string of the molecule is Cc1ccc(C(N)c2c(F)ccc(Br)c2F)s1. The van der Waals surface area contributed by atoms with Gasteiger partial charge in [-0.15, -0.1) is 11.3 Å². The molecular formula is C12H10BrF2NS. The first-order valence-corrected chi connectivity index (χ1v) is 6.57. The molecule has 17 heavy (non-hydrogen) atoms. The van der Waals surface area contributed by atoms with E-state index >= 15 is 0 Å². The van der Waals surface area contributed by atoms with E-state index in [0.717, 1.165) is 9.75 Å². The van der Waals surface area contributed by atoms with E-state index in [1.807, 2.05) is 13.0 Å². The Morgan fingerprint density at radius 1 is 1.24 bits per heavy atom. The smallest absolute Gasteiger partial charge is 0.145 e. The quantitative estimate of drug-likeness (QED) is 0.827. The molecule has 1 aromatic carbocycles. The molecule has 0 saturated heterocycles. The third-order valence-corrected chi connectivity index (χ3v) is 4.15. The highest BCUT2D eigenvalue weighted by molar-refractivity contribution is 9.10. The van der Waals surface area contributed by atoms with Gasteiger partial charge in [0, 0.05) is 15.3 Å². The number of rotatable bonds is 2. The van der Waals surface area contributed by atoms with Crippen LogP contribution in [0.5, 0.6) is 0 Å². The van der Waals surface area contributed by atoms with Gasteiger partial charge in [0.2, 0.25) is 0 Å². The van der Waals surface area contributed by atoms with Gasteiger partial charge in [-0.1, -0.05) is 0 Å². The summed E-state index contributed by atoms with van der Waals surface area (Å²) in [5.41, 5.74) is 5.81. The van der Waals surface area contributed by atoms with Crippen molar-refractivity contribution in [2.75, 3.05) is 0 Å². The minimum absolute atomic E-state index is 0.0961. The number of thiophene rings is 1. The van der Waals surface area contributed by atoms with Crippen LogP contribution in [0.4, 0.5) is 8.78 Å². The van der Waals surface area contributed by atoms with Crippen molar-refractivity contribution in [3.05, 3.63) is 55.7 Å². The Hall–Kier alpha value is -0.780. The summed E-state index contributed by atoms with van der Waals surface area (Å²) in [6.07, 6.45) is 0. The second-order valence-electron chi connectivity index (χ2n) is 3.68. The van der Waals surface area contributed by atoms with Crippen LogP contribution in [0.1, 0.15) is 21.4 Å². The second-order valence-corrected chi connectivity index (χ2v) is 5.86. The fourth-order valence-electron chi connectivity index (χ4n) is 1.59. The van der Waals surface area contributed by atoms with E-state index in [-0.39, 0.29) is 10.0 Å². The minimum Gasteiger partial charge on any atom is -0.319 e. The Labute approximate surface area is 110 Å². The van der Waals surface area contributed by atoms with Gasteiger partial charge >= 0.3 is 0 Å². The van der Waals surface area contributed by atoms with Crippen LogP contribution in [-0.4, -0.2) is 0 Å². The van der Waals surface area contributed by atoms with Gasteiger partial charge in [-0.25, -0.2) is 8.78 Å². The molecule has 1 unspecified atom stereocenters. The van der Waals surface area contributed by atoms with E-state index in [0.29, 0.717) is 0 Å². The van der Waals surface area contributed by atoms with Crippen LogP contribution in [0, 0.1) is 18.6 Å². The molecule has 0 fully saturated rings. The summed E-state index contributed by atoms with van der Waals surface area (Å²) < 4.78 is 27.7. The van der Waals surface area contributed by atoms with E-state index in [9.17, 15) is 8.78 Å². The first kappa shape index (κ1) is 12.7. The highest BCUT2D eigenvalue weighted by atomic mass is 79.9. The summed E-state index contributed by atoms with van der Waals surface area (Å²) in [6, 6.07) is 5.45. The highest BCUT2D eigenvalue weighted by Gasteiger charge is 2.21. The number of benzene rings is 1. The summed E-state index contributed by atoms with van der Waals surface area (Å²) in [4.78, 5) is 1.81. The molecule has 1 aromatic heterocycles. The molecule has 5 heteroatoms. The lowest BCUT2D eigenvalue weighted by Crippen LogP contribution is -2.14.